The minimum absolute atomic E-state index is 0.0659. The number of benzene rings is 1. The quantitative estimate of drug-likeness (QED) is 0.765. The maximum atomic E-state index is 12.7. The fourth-order valence-electron chi connectivity index (χ4n) is 3.02. The Morgan fingerprint density at radius 2 is 1.96 bits per heavy atom. The van der Waals surface area contributed by atoms with E-state index in [2.05, 4.69) is 10.6 Å². The molecule has 0 heterocycles. The van der Waals surface area contributed by atoms with Crippen LogP contribution in [0.25, 0.3) is 0 Å². The monoisotopic (exact) mass is 344 g/mol. The van der Waals surface area contributed by atoms with Crippen LogP contribution in [-0.4, -0.2) is 29.9 Å². The number of amides is 2. The highest BCUT2D eigenvalue weighted by Crippen LogP contribution is 2.37. The van der Waals surface area contributed by atoms with E-state index in [1.165, 1.54) is 0 Å². The SMILES string of the molecule is O=C(NCC[C@H](O)c1ccccc1)N[C@@H]1CCC[C@H](C(F)(F)F)C1. The summed E-state index contributed by atoms with van der Waals surface area (Å²) in [6.45, 7) is 0.247. The fourth-order valence-corrected chi connectivity index (χ4v) is 3.02. The average molecular weight is 344 g/mol. The van der Waals surface area contributed by atoms with Gasteiger partial charge in [-0.15, -0.1) is 0 Å². The topological polar surface area (TPSA) is 61.4 Å². The number of urea groups is 1. The normalized spacial score (nSPS) is 22.7. The number of alkyl halides is 3. The molecular weight excluding hydrogens is 321 g/mol. The molecule has 1 aliphatic rings. The lowest BCUT2D eigenvalue weighted by Crippen LogP contribution is -2.46. The van der Waals surface area contributed by atoms with Gasteiger partial charge in [-0.1, -0.05) is 36.8 Å². The van der Waals surface area contributed by atoms with E-state index in [-0.39, 0.29) is 19.4 Å². The summed E-state index contributed by atoms with van der Waals surface area (Å²) in [5.74, 6) is -1.34. The Kier molecular flexibility index (Phi) is 6.48. The third-order valence-corrected chi connectivity index (χ3v) is 4.36. The van der Waals surface area contributed by atoms with Crippen molar-refractivity contribution in [2.24, 2.45) is 5.92 Å². The zero-order valence-corrected chi connectivity index (χ0v) is 13.4. The standard InChI is InChI=1S/C17H23F3N2O2/c18-17(19,20)13-7-4-8-14(11-13)22-16(24)21-10-9-15(23)12-5-2-1-3-6-12/h1-3,5-6,13-15,23H,4,7-11H2,(H2,21,22,24)/t13-,14+,15-/m0/s1. The lowest BCUT2D eigenvalue weighted by Gasteiger charge is -2.31. The molecule has 3 atom stereocenters. The number of aliphatic hydroxyl groups is 1. The third-order valence-electron chi connectivity index (χ3n) is 4.36. The number of rotatable bonds is 5. The summed E-state index contributed by atoms with van der Waals surface area (Å²) in [5, 5.41) is 15.2. The van der Waals surface area contributed by atoms with Gasteiger partial charge in [-0.2, -0.15) is 13.2 Å². The number of hydrogen-bond acceptors (Lipinski definition) is 2. The van der Waals surface area contributed by atoms with Crippen molar-refractivity contribution in [3.63, 3.8) is 0 Å². The zero-order chi connectivity index (χ0) is 17.6. The van der Waals surface area contributed by atoms with Crippen LogP contribution in [0.15, 0.2) is 30.3 Å². The van der Waals surface area contributed by atoms with Crippen molar-refractivity contribution in [3.05, 3.63) is 35.9 Å². The van der Waals surface area contributed by atoms with Crippen molar-refractivity contribution in [2.45, 2.75) is 50.4 Å². The molecule has 1 aromatic rings. The molecule has 24 heavy (non-hydrogen) atoms. The average Bonchev–Trinajstić information content (AvgIpc) is 2.55. The Morgan fingerprint density at radius 1 is 1.25 bits per heavy atom. The highest BCUT2D eigenvalue weighted by molar-refractivity contribution is 5.74. The van der Waals surface area contributed by atoms with Crippen LogP contribution in [0.3, 0.4) is 0 Å². The smallest absolute Gasteiger partial charge is 0.388 e. The van der Waals surface area contributed by atoms with Crippen LogP contribution in [0.2, 0.25) is 0 Å². The molecule has 1 fully saturated rings. The molecule has 1 saturated carbocycles. The highest BCUT2D eigenvalue weighted by atomic mass is 19.4. The summed E-state index contributed by atoms with van der Waals surface area (Å²) in [7, 11) is 0. The molecule has 7 heteroatoms. The first-order chi connectivity index (χ1) is 11.4. The van der Waals surface area contributed by atoms with Gasteiger partial charge in [0.25, 0.3) is 0 Å². The predicted octanol–water partition coefficient (Wildman–Crippen LogP) is 3.53. The molecule has 3 N–H and O–H groups in total. The van der Waals surface area contributed by atoms with E-state index < -0.39 is 30.3 Å². The van der Waals surface area contributed by atoms with Gasteiger partial charge in [-0.05, 0) is 31.2 Å². The van der Waals surface area contributed by atoms with Crippen LogP contribution < -0.4 is 10.6 Å². The Labute approximate surface area is 139 Å². The summed E-state index contributed by atoms with van der Waals surface area (Å²) < 4.78 is 38.2. The van der Waals surface area contributed by atoms with Gasteiger partial charge in [-0.3, -0.25) is 0 Å². The van der Waals surface area contributed by atoms with Crippen LogP contribution in [-0.2, 0) is 0 Å². The number of nitrogens with one attached hydrogen (secondary N) is 2. The third kappa shape index (κ3) is 5.70. The Balaban J connectivity index is 1.70. The van der Waals surface area contributed by atoms with Gasteiger partial charge >= 0.3 is 12.2 Å². The van der Waals surface area contributed by atoms with E-state index >= 15 is 0 Å². The van der Waals surface area contributed by atoms with Gasteiger partial charge in [0.1, 0.15) is 0 Å². The molecule has 1 aromatic carbocycles. The zero-order valence-electron chi connectivity index (χ0n) is 13.4. The Hall–Kier alpha value is -1.76. The molecule has 0 radical (unpaired) electrons. The van der Waals surface area contributed by atoms with Crippen molar-refractivity contribution in [1.29, 1.82) is 0 Å². The van der Waals surface area contributed by atoms with E-state index in [9.17, 15) is 23.1 Å². The molecule has 0 unspecified atom stereocenters. The Morgan fingerprint density at radius 3 is 2.62 bits per heavy atom. The molecule has 4 nitrogen and oxygen atoms in total. The van der Waals surface area contributed by atoms with E-state index in [0.29, 0.717) is 19.3 Å². The number of carbonyl (C=O) groups is 1. The molecule has 0 spiro atoms. The second-order valence-corrected chi connectivity index (χ2v) is 6.22. The van der Waals surface area contributed by atoms with E-state index in [0.717, 1.165) is 5.56 Å². The molecule has 134 valence electrons. The van der Waals surface area contributed by atoms with Gasteiger partial charge < -0.3 is 15.7 Å². The van der Waals surface area contributed by atoms with E-state index in [1.54, 1.807) is 12.1 Å². The maximum absolute atomic E-state index is 12.7. The molecule has 0 saturated heterocycles. The van der Waals surface area contributed by atoms with Crippen molar-refractivity contribution in [1.82, 2.24) is 10.6 Å². The first-order valence-corrected chi connectivity index (χ1v) is 8.20. The molecular formula is C17H23F3N2O2. The Bertz CT molecular complexity index is 522. The lowest BCUT2D eigenvalue weighted by atomic mass is 9.85. The summed E-state index contributed by atoms with van der Waals surface area (Å²) >= 11 is 0. The van der Waals surface area contributed by atoms with Crippen LogP contribution in [0, 0.1) is 5.92 Å². The van der Waals surface area contributed by atoms with Crippen molar-refractivity contribution < 1.29 is 23.1 Å². The van der Waals surface area contributed by atoms with Crippen molar-refractivity contribution in [2.75, 3.05) is 6.54 Å². The first-order valence-electron chi connectivity index (χ1n) is 8.20. The number of hydrogen-bond donors (Lipinski definition) is 3. The molecule has 0 bridgehead atoms. The van der Waals surface area contributed by atoms with Crippen LogP contribution in [0.4, 0.5) is 18.0 Å². The highest BCUT2D eigenvalue weighted by Gasteiger charge is 2.42. The second-order valence-electron chi connectivity index (χ2n) is 6.22. The van der Waals surface area contributed by atoms with Crippen LogP contribution in [0.1, 0.15) is 43.8 Å². The van der Waals surface area contributed by atoms with Gasteiger partial charge in [0, 0.05) is 12.6 Å². The van der Waals surface area contributed by atoms with Gasteiger partial charge in [-0.25, -0.2) is 4.79 Å². The molecule has 0 aliphatic heterocycles. The number of halogens is 3. The summed E-state index contributed by atoms with van der Waals surface area (Å²) in [6.07, 6.45) is -3.45. The summed E-state index contributed by atoms with van der Waals surface area (Å²) in [5.41, 5.74) is 0.764. The molecule has 0 aromatic heterocycles. The van der Waals surface area contributed by atoms with Gasteiger partial charge in [0.05, 0.1) is 12.0 Å². The minimum Gasteiger partial charge on any atom is -0.388 e. The van der Waals surface area contributed by atoms with Gasteiger partial charge in [0.2, 0.25) is 0 Å². The van der Waals surface area contributed by atoms with E-state index in [1.807, 2.05) is 18.2 Å². The molecule has 2 rings (SSSR count). The van der Waals surface area contributed by atoms with Gasteiger partial charge in [0.15, 0.2) is 0 Å². The maximum Gasteiger partial charge on any atom is 0.391 e. The number of aliphatic hydroxyl groups excluding tert-OH is 1. The van der Waals surface area contributed by atoms with Crippen molar-refractivity contribution in [3.8, 4) is 0 Å². The fraction of sp³-hybridized carbons (Fsp3) is 0.588. The first kappa shape index (κ1) is 18.6. The summed E-state index contributed by atoms with van der Waals surface area (Å²) in [6, 6.07) is 8.14. The lowest BCUT2D eigenvalue weighted by molar-refractivity contribution is -0.183. The van der Waals surface area contributed by atoms with Crippen LogP contribution in [0.5, 0.6) is 0 Å². The minimum atomic E-state index is -4.20. The number of carbonyl (C=O) groups excluding carboxylic acids is 1. The molecule has 1 aliphatic carbocycles. The van der Waals surface area contributed by atoms with Crippen molar-refractivity contribution >= 4 is 6.03 Å². The molecule has 2 amide bonds. The summed E-state index contributed by atoms with van der Waals surface area (Å²) in [4.78, 5) is 11.8. The van der Waals surface area contributed by atoms with Crippen LogP contribution >= 0.6 is 0 Å². The predicted molar refractivity (Wildman–Crippen MR) is 84.4 cm³/mol. The largest absolute Gasteiger partial charge is 0.391 e. The van der Waals surface area contributed by atoms with E-state index in [4.69, 9.17) is 0 Å². The second kappa shape index (κ2) is 8.37.